The Morgan fingerprint density at radius 2 is 1.92 bits per heavy atom. The average molecular weight is 382 g/mol. The molecule has 0 saturated heterocycles. The molecular weight excluding hydrogens is 364 g/mol. The standard InChI is InChI=1S/C19H18Cl2FNO2/c1-2-16(25-17-8-5-13(20)11-15(17)21)18(24)23-19(9-10-19)12-3-6-14(22)7-4-12/h3-8,11,16H,2,9-10H2,1H3,(H,23,24). The Bertz CT molecular complexity index is 775. The van der Waals surface area contributed by atoms with Crippen LogP contribution in [0.4, 0.5) is 4.39 Å². The molecule has 25 heavy (non-hydrogen) atoms. The van der Waals surface area contributed by atoms with Crippen molar-refractivity contribution in [3.8, 4) is 5.75 Å². The zero-order valence-corrected chi connectivity index (χ0v) is 15.2. The van der Waals surface area contributed by atoms with Crippen LogP contribution in [-0.4, -0.2) is 12.0 Å². The Hall–Kier alpha value is -1.78. The summed E-state index contributed by atoms with van der Waals surface area (Å²) in [5.74, 6) is -0.0898. The number of nitrogens with one attached hydrogen (secondary N) is 1. The molecule has 0 spiro atoms. The van der Waals surface area contributed by atoms with E-state index in [-0.39, 0.29) is 11.7 Å². The van der Waals surface area contributed by atoms with Gasteiger partial charge in [-0.05, 0) is 55.2 Å². The van der Waals surface area contributed by atoms with Gasteiger partial charge in [-0.25, -0.2) is 4.39 Å². The highest BCUT2D eigenvalue weighted by Crippen LogP contribution is 2.45. The predicted molar refractivity (Wildman–Crippen MR) is 96.6 cm³/mol. The average Bonchev–Trinajstić information content (AvgIpc) is 3.35. The van der Waals surface area contributed by atoms with Gasteiger partial charge in [-0.15, -0.1) is 0 Å². The van der Waals surface area contributed by atoms with Gasteiger partial charge in [0, 0.05) is 5.02 Å². The molecule has 1 saturated carbocycles. The van der Waals surface area contributed by atoms with E-state index in [0.29, 0.717) is 22.2 Å². The largest absolute Gasteiger partial charge is 0.479 e. The number of hydrogen-bond acceptors (Lipinski definition) is 2. The Labute approximate surface area is 156 Å². The van der Waals surface area contributed by atoms with Gasteiger partial charge >= 0.3 is 0 Å². The van der Waals surface area contributed by atoms with Crippen molar-refractivity contribution in [3.63, 3.8) is 0 Å². The van der Waals surface area contributed by atoms with Crippen LogP contribution in [0.2, 0.25) is 10.0 Å². The number of hydrogen-bond donors (Lipinski definition) is 1. The molecule has 1 fully saturated rings. The first-order valence-electron chi connectivity index (χ1n) is 8.13. The normalized spacial score (nSPS) is 16.2. The fraction of sp³-hybridized carbons (Fsp3) is 0.316. The van der Waals surface area contributed by atoms with Gasteiger partial charge in [-0.3, -0.25) is 4.79 Å². The second-order valence-corrected chi connectivity index (χ2v) is 7.01. The van der Waals surface area contributed by atoms with Gasteiger partial charge in [0.15, 0.2) is 6.10 Å². The van der Waals surface area contributed by atoms with E-state index in [1.807, 2.05) is 6.92 Å². The van der Waals surface area contributed by atoms with E-state index in [4.69, 9.17) is 27.9 Å². The Balaban J connectivity index is 1.71. The highest BCUT2D eigenvalue weighted by Gasteiger charge is 2.46. The molecular formula is C19H18Cl2FNO2. The van der Waals surface area contributed by atoms with Crippen molar-refractivity contribution >= 4 is 29.1 Å². The molecule has 6 heteroatoms. The second kappa shape index (κ2) is 7.22. The third kappa shape index (κ3) is 4.07. The molecule has 3 rings (SSSR count). The fourth-order valence-corrected chi connectivity index (χ4v) is 3.20. The molecule has 1 amide bonds. The highest BCUT2D eigenvalue weighted by molar-refractivity contribution is 6.35. The third-order valence-corrected chi connectivity index (χ3v) is 4.87. The van der Waals surface area contributed by atoms with Gasteiger partial charge in [0.1, 0.15) is 11.6 Å². The molecule has 1 unspecified atom stereocenters. The number of carbonyl (C=O) groups excluding carboxylic acids is 1. The lowest BCUT2D eigenvalue weighted by Gasteiger charge is -2.23. The molecule has 1 aliphatic carbocycles. The Kier molecular flexibility index (Phi) is 5.21. The molecule has 132 valence electrons. The molecule has 1 N–H and O–H groups in total. The van der Waals surface area contributed by atoms with E-state index in [1.165, 1.54) is 12.1 Å². The molecule has 0 heterocycles. The van der Waals surface area contributed by atoms with E-state index in [9.17, 15) is 9.18 Å². The maximum Gasteiger partial charge on any atom is 0.261 e. The molecule has 0 aliphatic heterocycles. The maximum atomic E-state index is 13.1. The number of rotatable bonds is 6. The molecule has 0 bridgehead atoms. The number of carbonyl (C=O) groups is 1. The van der Waals surface area contributed by atoms with Crippen LogP contribution in [0.15, 0.2) is 42.5 Å². The van der Waals surface area contributed by atoms with Gasteiger partial charge in [0.25, 0.3) is 5.91 Å². The van der Waals surface area contributed by atoms with Crippen LogP contribution < -0.4 is 10.1 Å². The minimum absolute atomic E-state index is 0.213. The van der Waals surface area contributed by atoms with E-state index in [2.05, 4.69) is 5.32 Å². The van der Waals surface area contributed by atoms with E-state index in [0.717, 1.165) is 18.4 Å². The minimum atomic E-state index is -0.670. The molecule has 1 atom stereocenters. The number of amides is 1. The van der Waals surface area contributed by atoms with Crippen molar-refractivity contribution in [2.45, 2.75) is 37.8 Å². The summed E-state index contributed by atoms with van der Waals surface area (Å²) in [7, 11) is 0. The van der Waals surface area contributed by atoms with E-state index < -0.39 is 11.6 Å². The van der Waals surface area contributed by atoms with Crippen molar-refractivity contribution in [1.29, 1.82) is 0 Å². The third-order valence-electron chi connectivity index (χ3n) is 4.34. The quantitative estimate of drug-likeness (QED) is 0.755. The smallest absolute Gasteiger partial charge is 0.261 e. The van der Waals surface area contributed by atoms with Gasteiger partial charge in [-0.1, -0.05) is 42.3 Å². The molecule has 0 radical (unpaired) electrons. The first kappa shape index (κ1) is 18.0. The Morgan fingerprint density at radius 1 is 1.24 bits per heavy atom. The lowest BCUT2D eigenvalue weighted by molar-refractivity contribution is -0.129. The topological polar surface area (TPSA) is 38.3 Å². The first-order chi connectivity index (χ1) is 11.9. The number of halogens is 3. The van der Waals surface area contributed by atoms with Crippen LogP contribution in [0.3, 0.4) is 0 Å². The van der Waals surface area contributed by atoms with Gasteiger partial charge in [-0.2, -0.15) is 0 Å². The minimum Gasteiger partial charge on any atom is -0.479 e. The summed E-state index contributed by atoms with van der Waals surface area (Å²) in [6, 6.07) is 11.1. The summed E-state index contributed by atoms with van der Waals surface area (Å²) in [6.07, 6.45) is 1.46. The summed E-state index contributed by atoms with van der Waals surface area (Å²) in [4.78, 5) is 12.7. The van der Waals surface area contributed by atoms with E-state index in [1.54, 1.807) is 30.3 Å². The van der Waals surface area contributed by atoms with Gasteiger partial charge in [0.05, 0.1) is 10.6 Å². The summed E-state index contributed by atoms with van der Waals surface area (Å²) in [5.41, 5.74) is 0.479. The summed E-state index contributed by atoms with van der Waals surface area (Å²) < 4.78 is 18.9. The molecule has 1 aliphatic rings. The van der Waals surface area contributed by atoms with Crippen LogP contribution in [0.1, 0.15) is 31.7 Å². The number of benzene rings is 2. The molecule has 3 nitrogen and oxygen atoms in total. The highest BCUT2D eigenvalue weighted by atomic mass is 35.5. The van der Waals surface area contributed by atoms with Crippen LogP contribution >= 0.6 is 23.2 Å². The van der Waals surface area contributed by atoms with Crippen molar-refractivity contribution in [2.75, 3.05) is 0 Å². The van der Waals surface area contributed by atoms with Crippen LogP contribution in [-0.2, 0) is 10.3 Å². The second-order valence-electron chi connectivity index (χ2n) is 6.17. The van der Waals surface area contributed by atoms with Crippen molar-refractivity contribution < 1.29 is 13.9 Å². The summed E-state index contributed by atoms with van der Waals surface area (Å²) in [5, 5.41) is 3.91. The van der Waals surface area contributed by atoms with Crippen molar-refractivity contribution in [2.24, 2.45) is 0 Å². The molecule has 2 aromatic carbocycles. The predicted octanol–water partition coefficient (Wildman–Crippen LogP) is 5.10. The lowest BCUT2D eigenvalue weighted by Crippen LogP contribution is -2.43. The van der Waals surface area contributed by atoms with Crippen LogP contribution in [0.5, 0.6) is 5.75 Å². The van der Waals surface area contributed by atoms with Gasteiger partial charge in [0.2, 0.25) is 0 Å². The van der Waals surface area contributed by atoms with Crippen molar-refractivity contribution in [1.82, 2.24) is 5.32 Å². The van der Waals surface area contributed by atoms with Crippen LogP contribution in [0, 0.1) is 5.82 Å². The zero-order valence-electron chi connectivity index (χ0n) is 13.7. The monoisotopic (exact) mass is 381 g/mol. The SMILES string of the molecule is CCC(Oc1ccc(Cl)cc1Cl)C(=O)NC1(c2ccc(F)cc2)CC1. The maximum absolute atomic E-state index is 13.1. The zero-order chi connectivity index (χ0) is 18.0. The van der Waals surface area contributed by atoms with Crippen molar-refractivity contribution in [3.05, 3.63) is 63.9 Å². The Morgan fingerprint density at radius 3 is 2.48 bits per heavy atom. The summed E-state index contributed by atoms with van der Waals surface area (Å²) in [6.45, 7) is 1.87. The van der Waals surface area contributed by atoms with E-state index >= 15 is 0 Å². The molecule has 2 aromatic rings. The lowest BCUT2D eigenvalue weighted by atomic mass is 10.0. The fourth-order valence-electron chi connectivity index (χ4n) is 2.74. The summed E-state index contributed by atoms with van der Waals surface area (Å²) >= 11 is 12.0. The van der Waals surface area contributed by atoms with Crippen LogP contribution in [0.25, 0.3) is 0 Å². The first-order valence-corrected chi connectivity index (χ1v) is 8.89. The molecule has 0 aromatic heterocycles. The number of ether oxygens (including phenoxy) is 1. The van der Waals surface area contributed by atoms with Gasteiger partial charge < -0.3 is 10.1 Å².